The van der Waals surface area contributed by atoms with Crippen LogP contribution < -0.4 is 0 Å². The molecule has 0 aliphatic heterocycles. The standard InChI is InChI=1S/C15H28FNO3/c1-5-17(10-14(19)20-15(2,3)4)11-7-6-8-12(16)13(18)9-11/h11-13,18H,5-10H2,1-4H3/t11?,12?,13-/m0/s1. The van der Waals surface area contributed by atoms with E-state index in [-0.39, 0.29) is 18.6 Å². The van der Waals surface area contributed by atoms with Crippen molar-refractivity contribution in [3.05, 3.63) is 0 Å². The Bertz CT molecular complexity index is 317. The molecule has 0 aromatic carbocycles. The molecule has 3 atom stereocenters. The van der Waals surface area contributed by atoms with Crippen LogP contribution in [0.1, 0.15) is 53.4 Å². The van der Waals surface area contributed by atoms with E-state index in [1.54, 1.807) is 0 Å². The van der Waals surface area contributed by atoms with Gasteiger partial charge in [-0.15, -0.1) is 0 Å². The fraction of sp³-hybridized carbons (Fsp3) is 0.933. The second-order valence-corrected chi connectivity index (χ2v) is 6.55. The summed E-state index contributed by atoms with van der Waals surface area (Å²) in [6, 6.07) is 0.0447. The highest BCUT2D eigenvalue weighted by Gasteiger charge is 2.30. The fourth-order valence-electron chi connectivity index (χ4n) is 2.66. The van der Waals surface area contributed by atoms with E-state index in [0.717, 1.165) is 12.8 Å². The average molecular weight is 289 g/mol. The highest BCUT2D eigenvalue weighted by atomic mass is 19.1. The summed E-state index contributed by atoms with van der Waals surface area (Å²) in [7, 11) is 0. The van der Waals surface area contributed by atoms with Gasteiger partial charge in [0, 0.05) is 6.04 Å². The molecule has 1 N–H and O–H groups in total. The van der Waals surface area contributed by atoms with Crippen LogP contribution in [0.15, 0.2) is 0 Å². The Kier molecular flexibility index (Phi) is 6.40. The van der Waals surface area contributed by atoms with Crippen molar-refractivity contribution in [2.75, 3.05) is 13.1 Å². The fourth-order valence-corrected chi connectivity index (χ4v) is 2.66. The third-order valence-electron chi connectivity index (χ3n) is 3.62. The first-order valence-electron chi connectivity index (χ1n) is 7.51. The predicted molar refractivity (Wildman–Crippen MR) is 76.3 cm³/mol. The molecule has 1 fully saturated rings. The summed E-state index contributed by atoms with van der Waals surface area (Å²) in [4.78, 5) is 13.9. The first-order valence-corrected chi connectivity index (χ1v) is 7.51. The van der Waals surface area contributed by atoms with E-state index in [4.69, 9.17) is 4.74 Å². The van der Waals surface area contributed by atoms with Crippen LogP contribution >= 0.6 is 0 Å². The molecule has 1 aliphatic rings. The molecule has 118 valence electrons. The Labute approximate surface area is 121 Å². The molecule has 0 heterocycles. The number of ether oxygens (including phenoxy) is 1. The molecule has 0 aromatic heterocycles. The lowest BCUT2D eigenvalue weighted by atomic mass is 10.1. The molecule has 0 saturated heterocycles. The van der Waals surface area contributed by atoms with Gasteiger partial charge in [0.05, 0.1) is 12.6 Å². The van der Waals surface area contributed by atoms with Gasteiger partial charge in [0.15, 0.2) is 0 Å². The Balaban J connectivity index is 2.58. The van der Waals surface area contributed by atoms with Gasteiger partial charge in [-0.1, -0.05) is 6.92 Å². The minimum atomic E-state index is -1.14. The van der Waals surface area contributed by atoms with E-state index in [1.807, 2.05) is 32.6 Å². The number of carbonyl (C=O) groups excluding carboxylic acids is 1. The molecule has 4 nitrogen and oxygen atoms in total. The minimum absolute atomic E-state index is 0.0447. The molecule has 1 rings (SSSR count). The molecular formula is C15H28FNO3. The van der Waals surface area contributed by atoms with E-state index < -0.39 is 17.9 Å². The quantitative estimate of drug-likeness (QED) is 0.637. The van der Waals surface area contributed by atoms with E-state index >= 15 is 0 Å². The molecule has 0 aromatic rings. The normalized spacial score (nSPS) is 28.2. The number of aliphatic hydroxyl groups is 1. The SMILES string of the molecule is CCN(CC(=O)OC(C)(C)C)C1CCCC(F)[C@@H](O)C1. The maximum Gasteiger partial charge on any atom is 0.320 e. The summed E-state index contributed by atoms with van der Waals surface area (Å²) in [5, 5.41) is 9.78. The molecule has 0 amide bonds. The van der Waals surface area contributed by atoms with Crippen molar-refractivity contribution in [2.24, 2.45) is 0 Å². The summed E-state index contributed by atoms with van der Waals surface area (Å²) in [6.45, 7) is 8.36. The largest absolute Gasteiger partial charge is 0.459 e. The predicted octanol–water partition coefficient (Wildman–Crippen LogP) is 2.29. The van der Waals surface area contributed by atoms with Crippen LogP contribution in [0.5, 0.6) is 0 Å². The number of carbonyl (C=O) groups is 1. The van der Waals surface area contributed by atoms with Gasteiger partial charge in [-0.2, -0.15) is 0 Å². The van der Waals surface area contributed by atoms with Crippen molar-refractivity contribution in [1.82, 2.24) is 4.90 Å². The molecule has 0 spiro atoms. The van der Waals surface area contributed by atoms with Crippen LogP contribution in [0.4, 0.5) is 4.39 Å². The van der Waals surface area contributed by atoms with Crippen molar-refractivity contribution >= 4 is 5.97 Å². The van der Waals surface area contributed by atoms with Gasteiger partial charge >= 0.3 is 5.97 Å². The summed E-state index contributed by atoms with van der Waals surface area (Å²) in [5.41, 5.74) is -0.497. The van der Waals surface area contributed by atoms with Gasteiger partial charge in [0.25, 0.3) is 0 Å². The summed E-state index contributed by atoms with van der Waals surface area (Å²) < 4.78 is 18.8. The zero-order valence-electron chi connectivity index (χ0n) is 13.1. The Morgan fingerprint density at radius 2 is 2.05 bits per heavy atom. The lowest BCUT2D eigenvalue weighted by Crippen LogP contribution is -2.42. The highest BCUT2D eigenvalue weighted by molar-refractivity contribution is 5.72. The van der Waals surface area contributed by atoms with Crippen LogP contribution in [-0.2, 0) is 9.53 Å². The van der Waals surface area contributed by atoms with Crippen molar-refractivity contribution < 1.29 is 19.0 Å². The average Bonchev–Trinajstić information content (AvgIpc) is 2.47. The van der Waals surface area contributed by atoms with Gasteiger partial charge in [-0.3, -0.25) is 9.69 Å². The lowest BCUT2D eigenvalue weighted by molar-refractivity contribution is -0.156. The van der Waals surface area contributed by atoms with Gasteiger partial charge in [-0.05, 0) is 53.0 Å². The van der Waals surface area contributed by atoms with Gasteiger partial charge < -0.3 is 9.84 Å². The van der Waals surface area contributed by atoms with E-state index in [9.17, 15) is 14.3 Å². The summed E-state index contributed by atoms with van der Waals surface area (Å²) in [5.74, 6) is -0.269. The maximum atomic E-state index is 13.5. The number of nitrogens with zero attached hydrogens (tertiary/aromatic N) is 1. The first kappa shape index (κ1) is 17.4. The van der Waals surface area contributed by atoms with Crippen LogP contribution in [-0.4, -0.2) is 53.0 Å². The maximum absolute atomic E-state index is 13.5. The van der Waals surface area contributed by atoms with Crippen LogP contribution in [0.2, 0.25) is 0 Å². The van der Waals surface area contributed by atoms with Crippen molar-refractivity contribution in [2.45, 2.75) is 77.3 Å². The van der Waals surface area contributed by atoms with Gasteiger partial charge in [0.1, 0.15) is 11.8 Å². The molecular weight excluding hydrogens is 261 g/mol. The Morgan fingerprint density at radius 1 is 1.40 bits per heavy atom. The third kappa shape index (κ3) is 5.75. The van der Waals surface area contributed by atoms with Crippen molar-refractivity contribution in [1.29, 1.82) is 0 Å². The second kappa shape index (κ2) is 7.36. The second-order valence-electron chi connectivity index (χ2n) is 6.55. The molecule has 1 aliphatic carbocycles. The topological polar surface area (TPSA) is 49.8 Å². The number of rotatable bonds is 4. The minimum Gasteiger partial charge on any atom is -0.459 e. The molecule has 5 heteroatoms. The molecule has 20 heavy (non-hydrogen) atoms. The van der Waals surface area contributed by atoms with Crippen LogP contribution in [0.25, 0.3) is 0 Å². The third-order valence-corrected chi connectivity index (χ3v) is 3.62. The number of esters is 1. The number of aliphatic hydroxyl groups excluding tert-OH is 1. The highest BCUT2D eigenvalue weighted by Crippen LogP contribution is 2.24. The molecule has 0 bridgehead atoms. The van der Waals surface area contributed by atoms with Crippen molar-refractivity contribution in [3.8, 4) is 0 Å². The monoisotopic (exact) mass is 289 g/mol. The molecule has 1 saturated carbocycles. The Morgan fingerprint density at radius 3 is 2.60 bits per heavy atom. The van der Waals surface area contributed by atoms with Crippen LogP contribution in [0.3, 0.4) is 0 Å². The lowest BCUT2D eigenvalue weighted by Gasteiger charge is -2.31. The zero-order chi connectivity index (χ0) is 15.3. The molecule has 0 radical (unpaired) electrons. The number of hydrogen-bond acceptors (Lipinski definition) is 4. The smallest absolute Gasteiger partial charge is 0.320 e. The van der Waals surface area contributed by atoms with Crippen molar-refractivity contribution in [3.63, 3.8) is 0 Å². The first-order chi connectivity index (χ1) is 9.23. The number of alkyl halides is 1. The van der Waals surface area contributed by atoms with Crippen LogP contribution in [0, 0.1) is 0 Å². The Hall–Kier alpha value is -0.680. The van der Waals surface area contributed by atoms with Gasteiger partial charge in [0.2, 0.25) is 0 Å². The van der Waals surface area contributed by atoms with E-state index in [2.05, 4.69) is 0 Å². The van der Waals surface area contributed by atoms with E-state index in [0.29, 0.717) is 19.4 Å². The summed E-state index contributed by atoms with van der Waals surface area (Å²) >= 11 is 0. The summed E-state index contributed by atoms with van der Waals surface area (Å²) in [6.07, 6.45) is 0.289. The molecule has 2 unspecified atom stereocenters. The number of likely N-dealkylation sites (N-methyl/N-ethyl adjacent to an activating group) is 1. The van der Waals surface area contributed by atoms with Gasteiger partial charge in [-0.25, -0.2) is 4.39 Å². The number of halogens is 1. The number of hydrogen-bond donors (Lipinski definition) is 1. The zero-order valence-corrected chi connectivity index (χ0v) is 13.1. The van der Waals surface area contributed by atoms with E-state index in [1.165, 1.54) is 0 Å².